The Balaban J connectivity index is 2.20. The zero-order valence-corrected chi connectivity index (χ0v) is 13.6. The molecule has 20 heavy (non-hydrogen) atoms. The lowest BCUT2D eigenvalue weighted by atomic mass is 10.0. The molecule has 1 aromatic carbocycles. The van der Waals surface area contributed by atoms with Crippen molar-refractivity contribution in [1.29, 1.82) is 0 Å². The van der Waals surface area contributed by atoms with Gasteiger partial charge in [0.2, 0.25) is 0 Å². The summed E-state index contributed by atoms with van der Waals surface area (Å²) in [5.74, 6) is 0. The summed E-state index contributed by atoms with van der Waals surface area (Å²) >= 11 is 6.46. The number of halogens is 1. The van der Waals surface area contributed by atoms with Crippen molar-refractivity contribution < 1.29 is 4.74 Å². The van der Waals surface area contributed by atoms with Gasteiger partial charge < -0.3 is 15.4 Å². The normalized spacial score (nSPS) is 23.7. The average molecular weight is 297 g/mol. The molecule has 0 bridgehead atoms. The standard InChI is InChI=1S/C16H25ClN2O/c1-11(18)7-13-5-6-15(14(17)8-13)19-9-12(2)20-16(3,4)10-19/h5-6,8,11-12H,7,9-10,18H2,1-4H3. The Morgan fingerprint density at radius 1 is 1.50 bits per heavy atom. The topological polar surface area (TPSA) is 38.5 Å². The second kappa shape index (κ2) is 5.92. The molecule has 1 saturated heterocycles. The number of nitrogens with zero attached hydrogens (tertiary/aromatic N) is 1. The number of nitrogens with two attached hydrogens (primary N) is 1. The van der Waals surface area contributed by atoms with Gasteiger partial charge in [-0.05, 0) is 51.8 Å². The van der Waals surface area contributed by atoms with E-state index in [1.54, 1.807) is 0 Å². The fourth-order valence-corrected chi connectivity index (χ4v) is 3.27. The Morgan fingerprint density at radius 3 is 2.75 bits per heavy atom. The van der Waals surface area contributed by atoms with Crippen molar-refractivity contribution in [3.8, 4) is 0 Å². The highest BCUT2D eigenvalue weighted by Gasteiger charge is 2.32. The molecule has 1 aliphatic rings. The van der Waals surface area contributed by atoms with Crippen molar-refractivity contribution in [1.82, 2.24) is 0 Å². The Hall–Kier alpha value is -0.770. The molecule has 1 heterocycles. The van der Waals surface area contributed by atoms with Crippen molar-refractivity contribution in [2.45, 2.75) is 51.9 Å². The van der Waals surface area contributed by atoms with E-state index in [1.165, 1.54) is 5.56 Å². The van der Waals surface area contributed by atoms with Crippen LogP contribution in [0.4, 0.5) is 5.69 Å². The first-order valence-corrected chi connectivity index (χ1v) is 7.61. The molecule has 0 spiro atoms. The average Bonchev–Trinajstić information content (AvgIpc) is 2.24. The number of benzene rings is 1. The first kappa shape index (κ1) is 15.6. The van der Waals surface area contributed by atoms with E-state index in [-0.39, 0.29) is 17.7 Å². The summed E-state index contributed by atoms with van der Waals surface area (Å²) in [6, 6.07) is 6.42. The second-order valence-electron chi connectivity index (χ2n) is 6.54. The van der Waals surface area contributed by atoms with E-state index in [0.717, 1.165) is 30.2 Å². The Kier molecular flexibility index (Phi) is 4.62. The van der Waals surface area contributed by atoms with Crippen molar-refractivity contribution in [2.24, 2.45) is 5.73 Å². The first-order valence-electron chi connectivity index (χ1n) is 7.23. The number of morpholine rings is 1. The largest absolute Gasteiger partial charge is 0.369 e. The minimum atomic E-state index is -0.147. The van der Waals surface area contributed by atoms with Crippen LogP contribution in [0.1, 0.15) is 33.3 Å². The van der Waals surface area contributed by atoms with E-state index >= 15 is 0 Å². The molecule has 0 aromatic heterocycles. The minimum absolute atomic E-state index is 0.147. The fourth-order valence-electron chi connectivity index (χ4n) is 2.94. The molecule has 1 aliphatic heterocycles. The SMILES string of the molecule is CC(N)Cc1ccc(N2CC(C)OC(C)(C)C2)c(Cl)c1. The van der Waals surface area contributed by atoms with E-state index in [4.69, 9.17) is 22.1 Å². The molecule has 0 amide bonds. The van der Waals surface area contributed by atoms with Crippen molar-refractivity contribution in [3.63, 3.8) is 0 Å². The summed E-state index contributed by atoms with van der Waals surface area (Å²) in [6.07, 6.45) is 1.06. The molecule has 0 saturated carbocycles. The smallest absolute Gasteiger partial charge is 0.0805 e. The molecule has 2 rings (SSSR count). The fraction of sp³-hybridized carbons (Fsp3) is 0.625. The third-order valence-corrected chi connectivity index (χ3v) is 3.78. The van der Waals surface area contributed by atoms with Crippen LogP contribution in [0.25, 0.3) is 0 Å². The maximum absolute atomic E-state index is 6.46. The number of hydrogen-bond donors (Lipinski definition) is 1. The van der Waals surface area contributed by atoms with E-state index in [1.807, 2.05) is 13.0 Å². The molecular formula is C16H25ClN2O. The van der Waals surface area contributed by atoms with E-state index < -0.39 is 0 Å². The molecule has 1 aromatic rings. The van der Waals surface area contributed by atoms with Gasteiger partial charge in [-0.1, -0.05) is 17.7 Å². The quantitative estimate of drug-likeness (QED) is 0.931. The van der Waals surface area contributed by atoms with Gasteiger partial charge in [0.25, 0.3) is 0 Å². The van der Waals surface area contributed by atoms with Crippen LogP contribution >= 0.6 is 11.6 Å². The molecule has 2 N–H and O–H groups in total. The zero-order valence-electron chi connectivity index (χ0n) is 12.8. The van der Waals surface area contributed by atoms with Crippen LogP contribution < -0.4 is 10.6 Å². The van der Waals surface area contributed by atoms with Crippen molar-refractivity contribution in [2.75, 3.05) is 18.0 Å². The van der Waals surface area contributed by atoms with Crippen LogP contribution in [-0.4, -0.2) is 30.8 Å². The summed E-state index contributed by atoms with van der Waals surface area (Å²) in [4.78, 5) is 2.31. The van der Waals surface area contributed by atoms with Gasteiger partial charge in [-0.3, -0.25) is 0 Å². The van der Waals surface area contributed by atoms with Crippen LogP contribution in [0.15, 0.2) is 18.2 Å². The molecule has 0 aliphatic carbocycles. The highest BCUT2D eigenvalue weighted by molar-refractivity contribution is 6.33. The number of hydrogen-bond acceptors (Lipinski definition) is 3. The third-order valence-electron chi connectivity index (χ3n) is 3.48. The Morgan fingerprint density at radius 2 is 2.20 bits per heavy atom. The Labute approximate surface area is 127 Å². The molecule has 2 unspecified atom stereocenters. The molecule has 4 heteroatoms. The molecule has 0 radical (unpaired) electrons. The van der Waals surface area contributed by atoms with Crippen molar-refractivity contribution >= 4 is 17.3 Å². The van der Waals surface area contributed by atoms with Gasteiger partial charge in [0.05, 0.1) is 22.4 Å². The Bertz CT molecular complexity index is 474. The van der Waals surface area contributed by atoms with Gasteiger partial charge in [0, 0.05) is 19.1 Å². The number of anilines is 1. The predicted molar refractivity (Wildman–Crippen MR) is 85.6 cm³/mol. The number of rotatable bonds is 3. The van der Waals surface area contributed by atoms with Crippen LogP contribution in [0.5, 0.6) is 0 Å². The maximum atomic E-state index is 6.46. The summed E-state index contributed by atoms with van der Waals surface area (Å²) < 4.78 is 5.94. The van der Waals surface area contributed by atoms with Crippen LogP contribution in [0.2, 0.25) is 5.02 Å². The predicted octanol–water partition coefficient (Wildman–Crippen LogP) is 3.23. The van der Waals surface area contributed by atoms with Gasteiger partial charge >= 0.3 is 0 Å². The summed E-state index contributed by atoms with van der Waals surface area (Å²) in [6.45, 7) is 10.1. The summed E-state index contributed by atoms with van der Waals surface area (Å²) in [5.41, 5.74) is 7.97. The van der Waals surface area contributed by atoms with Gasteiger partial charge in [-0.15, -0.1) is 0 Å². The third kappa shape index (κ3) is 3.87. The highest BCUT2D eigenvalue weighted by Crippen LogP contribution is 2.32. The van der Waals surface area contributed by atoms with E-state index in [0.29, 0.717) is 0 Å². The van der Waals surface area contributed by atoms with E-state index in [2.05, 4.69) is 37.8 Å². The molecule has 1 fully saturated rings. The van der Waals surface area contributed by atoms with Crippen LogP contribution in [0, 0.1) is 0 Å². The van der Waals surface area contributed by atoms with E-state index in [9.17, 15) is 0 Å². The molecular weight excluding hydrogens is 272 g/mol. The zero-order chi connectivity index (χ0) is 14.9. The number of ether oxygens (including phenoxy) is 1. The van der Waals surface area contributed by atoms with Crippen LogP contribution in [0.3, 0.4) is 0 Å². The lowest BCUT2D eigenvalue weighted by Gasteiger charge is -2.43. The molecule has 112 valence electrons. The lowest BCUT2D eigenvalue weighted by Crippen LogP contribution is -2.52. The summed E-state index contributed by atoms with van der Waals surface area (Å²) in [7, 11) is 0. The van der Waals surface area contributed by atoms with Gasteiger partial charge in [-0.25, -0.2) is 0 Å². The minimum Gasteiger partial charge on any atom is -0.369 e. The van der Waals surface area contributed by atoms with Crippen LogP contribution in [-0.2, 0) is 11.2 Å². The molecule has 2 atom stereocenters. The lowest BCUT2D eigenvalue weighted by molar-refractivity contribution is -0.0749. The maximum Gasteiger partial charge on any atom is 0.0805 e. The highest BCUT2D eigenvalue weighted by atomic mass is 35.5. The first-order chi connectivity index (χ1) is 9.27. The van der Waals surface area contributed by atoms with Crippen molar-refractivity contribution in [3.05, 3.63) is 28.8 Å². The van der Waals surface area contributed by atoms with Gasteiger partial charge in [0.1, 0.15) is 0 Å². The second-order valence-corrected chi connectivity index (χ2v) is 6.94. The van der Waals surface area contributed by atoms with Gasteiger partial charge in [0.15, 0.2) is 0 Å². The summed E-state index contributed by atoms with van der Waals surface area (Å²) in [5, 5.41) is 0.799. The van der Waals surface area contributed by atoms with Gasteiger partial charge in [-0.2, -0.15) is 0 Å². The monoisotopic (exact) mass is 296 g/mol. The molecule has 3 nitrogen and oxygen atoms in total.